The molecule has 0 atom stereocenters. The minimum atomic E-state index is 0.0482. The summed E-state index contributed by atoms with van der Waals surface area (Å²) >= 11 is 5.94. The van der Waals surface area contributed by atoms with Crippen LogP contribution < -0.4 is 10.9 Å². The number of rotatable bonds is 8. The number of benzene rings is 1. The maximum Gasteiger partial charge on any atom is 0.250 e. The van der Waals surface area contributed by atoms with Gasteiger partial charge >= 0.3 is 0 Å². The van der Waals surface area contributed by atoms with E-state index >= 15 is 0 Å². The van der Waals surface area contributed by atoms with E-state index in [1.807, 2.05) is 43.6 Å². The summed E-state index contributed by atoms with van der Waals surface area (Å²) in [4.78, 5) is 18.5. The number of hydrogen-bond acceptors (Lipinski definition) is 2. The number of halogens is 1. The topological polar surface area (TPSA) is 49.6 Å². The van der Waals surface area contributed by atoms with Crippen molar-refractivity contribution >= 4 is 17.6 Å². The molecule has 6 heteroatoms. The Morgan fingerprint density at radius 2 is 1.96 bits per heavy atom. The van der Waals surface area contributed by atoms with E-state index in [-0.39, 0.29) is 5.56 Å². The van der Waals surface area contributed by atoms with Gasteiger partial charge in [-0.05, 0) is 43.5 Å². The van der Waals surface area contributed by atoms with E-state index < -0.39 is 0 Å². The van der Waals surface area contributed by atoms with Crippen molar-refractivity contribution in [1.29, 1.82) is 0 Å². The first-order chi connectivity index (χ1) is 12.6. The van der Waals surface area contributed by atoms with Crippen LogP contribution in [0.2, 0.25) is 5.02 Å². The van der Waals surface area contributed by atoms with Crippen molar-refractivity contribution in [3.05, 3.63) is 69.6 Å². The third-order valence-electron chi connectivity index (χ3n) is 4.00. The molecule has 1 N–H and O–H groups in total. The van der Waals surface area contributed by atoms with Gasteiger partial charge in [-0.25, -0.2) is 0 Å². The van der Waals surface area contributed by atoms with Gasteiger partial charge in [0.25, 0.3) is 0 Å². The highest BCUT2D eigenvalue weighted by atomic mass is 35.5. The normalized spacial score (nSPS) is 11.4. The number of guanidine groups is 1. The molecule has 0 saturated heterocycles. The molecule has 0 amide bonds. The minimum Gasteiger partial charge on any atom is -0.357 e. The number of unbranched alkanes of at least 4 members (excludes halogenated alkanes) is 1. The van der Waals surface area contributed by atoms with E-state index in [0.717, 1.165) is 50.0 Å². The fraction of sp³-hybridized carbons (Fsp3) is 0.400. The Hall–Kier alpha value is -2.27. The summed E-state index contributed by atoms with van der Waals surface area (Å²) in [6.07, 6.45) is 3.69. The molecule has 0 unspecified atom stereocenters. The Morgan fingerprint density at radius 1 is 1.19 bits per heavy atom. The quantitative estimate of drug-likeness (QED) is 0.438. The monoisotopic (exact) mass is 374 g/mol. The highest BCUT2D eigenvalue weighted by molar-refractivity contribution is 6.30. The van der Waals surface area contributed by atoms with Gasteiger partial charge in [-0.15, -0.1) is 0 Å². The van der Waals surface area contributed by atoms with E-state index in [0.29, 0.717) is 0 Å². The van der Waals surface area contributed by atoms with Crippen LogP contribution in [0.15, 0.2) is 58.4 Å². The van der Waals surface area contributed by atoms with Crippen LogP contribution in [0.25, 0.3) is 0 Å². The van der Waals surface area contributed by atoms with Crippen molar-refractivity contribution in [2.45, 2.75) is 32.9 Å². The van der Waals surface area contributed by atoms with Gasteiger partial charge in [0.1, 0.15) is 0 Å². The summed E-state index contributed by atoms with van der Waals surface area (Å²) in [5.74, 6) is 0.888. The van der Waals surface area contributed by atoms with Crippen molar-refractivity contribution in [3.8, 4) is 0 Å². The van der Waals surface area contributed by atoms with Crippen LogP contribution >= 0.6 is 11.6 Å². The van der Waals surface area contributed by atoms with Crippen molar-refractivity contribution in [1.82, 2.24) is 14.8 Å². The fourth-order valence-electron chi connectivity index (χ4n) is 2.63. The average molecular weight is 375 g/mol. The van der Waals surface area contributed by atoms with Crippen molar-refractivity contribution in [2.24, 2.45) is 4.99 Å². The molecule has 1 heterocycles. The van der Waals surface area contributed by atoms with Crippen molar-refractivity contribution < 1.29 is 0 Å². The standard InChI is InChI=1S/C20H27ClN4O/c1-3-22-20(24(2)16-17-9-11-18(21)12-10-17)23-13-5-7-15-25-14-6-4-8-19(25)26/h4,6,8-12,14H,3,5,7,13,15-16H2,1-2H3,(H,22,23). The van der Waals surface area contributed by atoms with Crippen LogP contribution in [0.3, 0.4) is 0 Å². The Balaban J connectivity index is 1.84. The van der Waals surface area contributed by atoms with Crippen LogP contribution in [0.4, 0.5) is 0 Å². The maximum absolute atomic E-state index is 11.7. The first-order valence-electron chi connectivity index (χ1n) is 8.99. The third-order valence-corrected chi connectivity index (χ3v) is 4.25. The average Bonchev–Trinajstić information content (AvgIpc) is 2.64. The number of aromatic nitrogens is 1. The second-order valence-corrected chi connectivity index (χ2v) is 6.59. The van der Waals surface area contributed by atoms with E-state index in [2.05, 4.69) is 17.1 Å². The van der Waals surface area contributed by atoms with Gasteiger partial charge in [0.15, 0.2) is 5.96 Å². The highest BCUT2D eigenvalue weighted by Gasteiger charge is 2.06. The summed E-state index contributed by atoms with van der Waals surface area (Å²) in [6, 6.07) is 13.1. The molecule has 2 aromatic rings. The SMILES string of the molecule is CCNC(=NCCCCn1ccccc1=O)N(C)Cc1ccc(Cl)cc1. The summed E-state index contributed by atoms with van der Waals surface area (Å²) in [5, 5.41) is 4.07. The molecule has 1 aromatic heterocycles. The first kappa shape index (κ1) is 20.0. The number of pyridine rings is 1. The van der Waals surface area contributed by atoms with Gasteiger partial charge < -0.3 is 14.8 Å². The molecule has 2 rings (SSSR count). The largest absolute Gasteiger partial charge is 0.357 e. The Bertz CT molecular complexity index is 755. The zero-order chi connectivity index (χ0) is 18.8. The second-order valence-electron chi connectivity index (χ2n) is 6.16. The minimum absolute atomic E-state index is 0.0482. The van der Waals surface area contributed by atoms with Gasteiger partial charge in [0, 0.05) is 50.5 Å². The molecule has 0 spiro atoms. The molecule has 0 saturated carbocycles. The first-order valence-corrected chi connectivity index (χ1v) is 9.37. The number of nitrogens with zero attached hydrogens (tertiary/aromatic N) is 3. The molecular weight excluding hydrogens is 348 g/mol. The van der Waals surface area contributed by atoms with Crippen molar-refractivity contribution in [2.75, 3.05) is 20.1 Å². The molecule has 0 aliphatic heterocycles. The molecule has 140 valence electrons. The third kappa shape index (κ3) is 6.56. The Morgan fingerprint density at radius 3 is 2.65 bits per heavy atom. The number of hydrogen-bond donors (Lipinski definition) is 1. The molecule has 0 bridgehead atoms. The van der Waals surface area contributed by atoms with Gasteiger partial charge in [-0.1, -0.05) is 29.8 Å². The lowest BCUT2D eigenvalue weighted by Gasteiger charge is -2.22. The predicted octanol–water partition coefficient (Wildman–Crippen LogP) is 3.38. The number of nitrogens with one attached hydrogen (secondary N) is 1. The van der Waals surface area contributed by atoms with Crippen LogP contribution in [-0.2, 0) is 13.1 Å². The number of aliphatic imine (C=N–C) groups is 1. The highest BCUT2D eigenvalue weighted by Crippen LogP contribution is 2.11. The molecule has 1 aromatic carbocycles. The summed E-state index contributed by atoms with van der Waals surface area (Å²) < 4.78 is 1.74. The lowest BCUT2D eigenvalue weighted by molar-refractivity contribution is 0.475. The molecule has 0 radical (unpaired) electrons. The van der Waals surface area contributed by atoms with Crippen LogP contribution in [0.1, 0.15) is 25.3 Å². The van der Waals surface area contributed by atoms with E-state index in [1.165, 1.54) is 5.56 Å². The Kier molecular flexibility index (Phi) is 8.22. The van der Waals surface area contributed by atoms with Crippen LogP contribution in [0, 0.1) is 0 Å². The van der Waals surface area contributed by atoms with Crippen molar-refractivity contribution in [3.63, 3.8) is 0 Å². The molecule has 0 fully saturated rings. The molecule has 0 aliphatic carbocycles. The van der Waals surface area contributed by atoms with E-state index in [9.17, 15) is 4.79 Å². The zero-order valence-corrected chi connectivity index (χ0v) is 16.2. The predicted molar refractivity (Wildman–Crippen MR) is 109 cm³/mol. The molecule has 0 aliphatic rings. The summed E-state index contributed by atoms with van der Waals surface area (Å²) in [6.45, 7) is 5.11. The van der Waals surface area contributed by atoms with Crippen LogP contribution in [0.5, 0.6) is 0 Å². The number of aryl methyl sites for hydroxylation is 1. The molecular formula is C20H27ClN4O. The Labute approximate surface area is 160 Å². The maximum atomic E-state index is 11.7. The lowest BCUT2D eigenvalue weighted by Crippen LogP contribution is -2.38. The van der Waals surface area contributed by atoms with Gasteiger partial charge in [0.2, 0.25) is 5.56 Å². The molecule has 5 nitrogen and oxygen atoms in total. The van der Waals surface area contributed by atoms with Gasteiger partial charge in [0.05, 0.1) is 0 Å². The second kappa shape index (κ2) is 10.7. The summed E-state index contributed by atoms with van der Waals surface area (Å²) in [7, 11) is 2.03. The summed E-state index contributed by atoms with van der Waals surface area (Å²) in [5.41, 5.74) is 1.23. The van der Waals surface area contributed by atoms with Gasteiger partial charge in [-0.3, -0.25) is 9.79 Å². The van der Waals surface area contributed by atoms with E-state index in [1.54, 1.807) is 16.7 Å². The molecule has 26 heavy (non-hydrogen) atoms. The zero-order valence-electron chi connectivity index (χ0n) is 15.5. The lowest BCUT2D eigenvalue weighted by atomic mass is 10.2. The van der Waals surface area contributed by atoms with Gasteiger partial charge in [-0.2, -0.15) is 0 Å². The van der Waals surface area contributed by atoms with E-state index in [4.69, 9.17) is 16.6 Å². The smallest absolute Gasteiger partial charge is 0.250 e. The fourth-order valence-corrected chi connectivity index (χ4v) is 2.76. The van der Waals surface area contributed by atoms with Crippen LogP contribution in [-0.4, -0.2) is 35.6 Å².